The van der Waals surface area contributed by atoms with Gasteiger partial charge in [0.1, 0.15) is 11.3 Å². The number of hydrogen-bond donors (Lipinski definition) is 1. The molecule has 3 rings (SSSR count). The van der Waals surface area contributed by atoms with Gasteiger partial charge in [-0.25, -0.2) is 4.68 Å². The van der Waals surface area contributed by atoms with Crippen LogP contribution in [0.4, 0.5) is 0 Å². The van der Waals surface area contributed by atoms with E-state index < -0.39 is 5.60 Å². The van der Waals surface area contributed by atoms with Gasteiger partial charge in [-0.1, -0.05) is 30.9 Å². The molecule has 1 saturated heterocycles. The summed E-state index contributed by atoms with van der Waals surface area (Å²) in [5.74, 6) is 0.929. The first-order valence-electron chi connectivity index (χ1n) is 9.86. The first-order chi connectivity index (χ1) is 11.9. The first kappa shape index (κ1) is 18.4. The van der Waals surface area contributed by atoms with Crippen molar-refractivity contribution in [1.82, 2.24) is 19.9 Å². The topological polar surface area (TPSA) is 71.2 Å². The largest absolute Gasteiger partial charge is 0.384 e. The van der Waals surface area contributed by atoms with E-state index in [4.69, 9.17) is 0 Å². The summed E-state index contributed by atoms with van der Waals surface area (Å²) in [5.41, 5.74) is -0.368. The zero-order valence-electron chi connectivity index (χ0n) is 15.7. The number of aromatic nitrogens is 3. The molecule has 2 fully saturated rings. The lowest BCUT2D eigenvalue weighted by Crippen LogP contribution is -2.39. The van der Waals surface area contributed by atoms with Gasteiger partial charge in [0.05, 0.1) is 12.2 Å². The van der Waals surface area contributed by atoms with Crippen molar-refractivity contribution in [2.24, 2.45) is 5.92 Å². The van der Waals surface area contributed by atoms with Crippen LogP contribution >= 0.6 is 0 Å². The maximum atomic E-state index is 12.6. The molecule has 0 bridgehead atoms. The monoisotopic (exact) mass is 348 g/mol. The van der Waals surface area contributed by atoms with Crippen LogP contribution in [-0.4, -0.2) is 44.0 Å². The Bertz CT molecular complexity index is 562. The molecular formula is C19H32N4O2. The van der Waals surface area contributed by atoms with Gasteiger partial charge >= 0.3 is 0 Å². The molecule has 140 valence electrons. The van der Waals surface area contributed by atoms with Crippen LogP contribution in [0, 0.1) is 5.92 Å². The van der Waals surface area contributed by atoms with Crippen LogP contribution in [0.15, 0.2) is 6.20 Å². The Morgan fingerprint density at radius 1 is 1.16 bits per heavy atom. The fraction of sp³-hybridized carbons (Fsp3) is 0.842. The minimum Gasteiger partial charge on any atom is -0.384 e. The number of carbonyl (C=O) groups excluding carboxylic acids is 1. The molecule has 1 aliphatic carbocycles. The van der Waals surface area contributed by atoms with Crippen LogP contribution < -0.4 is 0 Å². The van der Waals surface area contributed by atoms with Crippen LogP contribution in [0.5, 0.6) is 0 Å². The SMILES string of the molecule is CC(C)(O)c1cn(C2CCN(C(=O)CC3CCCCCC3)CC2)nn1. The number of aliphatic hydroxyl groups is 1. The zero-order valence-corrected chi connectivity index (χ0v) is 15.7. The number of piperidine rings is 1. The van der Waals surface area contributed by atoms with E-state index in [9.17, 15) is 9.90 Å². The number of likely N-dealkylation sites (tertiary alicyclic amines) is 1. The summed E-state index contributed by atoms with van der Waals surface area (Å²) in [7, 11) is 0. The molecule has 1 amide bonds. The third-order valence-corrected chi connectivity index (χ3v) is 5.77. The normalized spacial score (nSPS) is 21.3. The predicted molar refractivity (Wildman–Crippen MR) is 95.9 cm³/mol. The van der Waals surface area contributed by atoms with Gasteiger partial charge in [-0.3, -0.25) is 4.79 Å². The van der Waals surface area contributed by atoms with Crippen molar-refractivity contribution in [3.8, 4) is 0 Å². The number of amides is 1. The molecule has 6 nitrogen and oxygen atoms in total. The van der Waals surface area contributed by atoms with Crippen molar-refractivity contribution in [3.05, 3.63) is 11.9 Å². The summed E-state index contributed by atoms with van der Waals surface area (Å²) in [6.07, 6.45) is 12.1. The molecule has 0 atom stereocenters. The van der Waals surface area contributed by atoms with Crippen LogP contribution in [0.3, 0.4) is 0 Å². The summed E-state index contributed by atoms with van der Waals surface area (Å²) in [6.45, 7) is 5.04. The summed E-state index contributed by atoms with van der Waals surface area (Å²) >= 11 is 0. The molecule has 1 aromatic heterocycles. The Kier molecular flexibility index (Phi) is 5.77. The molecule has 0 aromatic carbocycles. The molecule has 2 aliphatic rings. The van der Waals surface area contributed by atoms with Crippen molar-refractivity contribution >= 4 is 5.91 Å². The minimum atomic E-state index is -0.965. The van der Waals surface area contributed by atoms with Crippen molar-refractivity contribution in [1.29, 1.82) is 0 Å². The molecule has 6 heteroatoms. The molecule has 2 heterocycles. The summed E-state index contributed by atoms with van der Waals surface area (Å²) in [6, 6.07) is 0.269. The summed E-state index contributed by atoms with van der Waals surface area (Å²) in [4.78, 5) is 14.7. The maximum Gasteiger partial charge on any atom is 0.222 e. The third-order valence-electron chi connectivity index (χ3n) is 5.77. The van der Waals surface area contributed by atoms with E-state index in [-0.39, 0.29) is 6.04 Å². The number of rotatable bonds is 4. The van der Waals surface area contributed by atoms with E-state index in [1.54, 1.807) is 13.8 Å². The quantitative estimate of drug-likeness (QED) is 0.849. The molecule has 0 unspecified atom stereocenters. The Morgan fingerprint density at radius 2 is 1.80 bits per heavy atom. The van der Waals surface area contributed by atoms with E-state index in [0.717, 1.165) is 32.4 Å². The van der Waals surface area contributed by atoms with Crippen LogP contribution in [0.25, 0.3) is 0 Å². The number of carbonyl (C=O) groups is 1. The third kappa shape index (κ3) is 4.81. The second-order valence-corrected chi connectivity index (χ2v) is 8.32. The molecule has 25 heavy (non-hydrogen) atoms. The highest BCUT2D eigenvalue weighted by molar-refractivity contribution is 5.76. The average molecular weight is 348 g/mol. The van der Waals surface area contributed by atoms with Crippen LogP contribution in [0.2, 0.25) is 0 Å². The molecule has 1 aromatic rings. The van der Waals surface area contributed by atoms with Crippen LogP contribution in [0.1, 0.15) is 83.4 Å². The summed E-state index contributed by atoms with van der Waals surface area (Å²) in [5, 5.41) is 18.3. The number of nitrogens with zero attached hydrogens (tertiary/aromatic N) is 4. The van der Waals surface area contributed by atoms with Crippen molar-refractivity contribution in [3.63, 3.8) is 0 Å². The average Bonchev–Trinajstić information content (AvgIpc) is 2.95. The lowest BCUT2D eigenvalue weighted by atomic mass is 9.95. The molecular weight excluding hydrogens is 316 g/mol. The van der Waals surface area contributed by atoms with E-state index in [2.05, 4.69) is 10.3 Å². The van der Waals surface area contributed by atoms with Crippen LogP contribution in [-0.2, 0) is 10.4 Å². The molecule has 1 aliphatic heterocycles. The highest BCUT2D eigenvalue weighted by Crippen LogP contribution is 2.28. The first-order valence-corrected chi connectivity index (χ1v) is 9.86. The Morgan fingerprint density at radius 3 is 2.36 bits per heavy atom. The lowest BCUT2D eigenvalue weighted by molar-refractivity contribution is -0.133. The summed E-state index contributed by atoms with van der Waals surface area (Å²) < 4.78 is 1.86. The number of hydrogen-bond acceptors (Lipinski definition) is 4. The fourth-order valence-electron chi connectivity index (χ4n) is 4.06. The molecule has 0 radical (unpaired) electrons. The fourth-order valence-corrected chi connectivity index (χ4v) is 4.06. The molecule has 0 spiro atoms. The highest BCUT2D eigenvalue weighted by atomic mass is 16.3. The van der Waals surface area contributed by atoms with Gasteiger partial charge in [0.2, 0.25) is 5.91 Å². The lowest BCUT2D eigenvalue weighted by Gasteiger charge is -2.32. The van der Waals surface area contributed by atoms with Gasteiger partial charge < -0.3 is 10.0 Å². The van der Waals surface area contributed by atoms with Gasteiger partial charge in [-0.2, -0.15) is 0 Å². The highest BCUT2D eigenvalue weighted by Gasteiger charge is 2.28. The van der Waals surface area contributed by atoms with Crippen molar-refractivity contribution in [2.45, 2.75) is 83.3 Å². The minimum absolute atomic E-state index is 0.269. The van der Waals surface area contributed by atoms with Crippen molar-refractivity contribution in [2.75, 3.05) is 13.1 Å². The Balaban J connectivity index is 1.49. The van der Waals surface area contributed by atoms with E-state index in [1.165, 1.54) is 38.5 Å². The van der Waals surface area contributed by atoms with Gasteiger partial charge in [0.25, 0.3) is 0 Å². The zero-order chi connectivity index (χ0) is 17.9. The van der Waals surface area contributed by atoms with E-state index >= 15 is 0 Å². The van der Waals surface area contributed by atoms with E-state index in [0.29, 0.717) is 17.5 Å². The standard InChI is InChI=1S/C19H32N4O2/c1-19(2,25)17-14-23(21-20-17)16-9-11-22(12-10-16)18(24)13-15-7-5-3-4-6-8-15/h14-16,25H,3-13H2,1-2H3. The maximum absolute atomic E-state index is 12.6. The molecule has 1 N–H and O–H groups in total. The van der Waals surface area contributed by atoms with Gasteiger partial charge in [0.15, 0.2) is 0 Å². The van der Waals surface area contributed by atoms with Crippen molar-refractivity contribution < 1.29 is 9.90 Å². The van der Waals surface area contributed by atoms with Gasteiger partial charge in [0, 0.05) is 19.5 Å². The van der Waals surface area contributed by atoms with Gasteiger partial charge in [-0.05, 0) is 45.4 Å². The molecule has 1 saturated carbocycles. The predicted octanol–water partition coefficient (Wildman–Crippen LogP) is 3.03. The van der Waals surface area contributed by atoms with Gasteiger partial charge in [-0.15, -0.1) is 5.10 Å². The smallest absolute Gasteiger partial charge is 0.222 e. The second kappa shape index (κ2) is 7.85. The Hall–Kier alpha value is -1.43. The second-order valence-electron chi connectivity index (χ2n) is 8.32. The van der Waals surface area contributed by atoms with E-state index in [1.807, 2.05) is 15.8 Å². The Labute approximate surface area is 150 Å².